The van der Waals surface area contributed by atoms with Crippen LogP contribution in [-0.2, 0) is 6.42 Å². The minimum atomic E-state index is 1.03. The van der Waals surface area contributed by atoms with Crippen molar-refractivity contribution in [2.24, 2.45) is 4.99 Å². The molecule has 0 aliphatic carbocycles. The number of H-pyrrole nitrogens is 1. The Labute approximate surface area is 89.0 Å². The molecule has 2 heteroatoms. The van der Waals surface area contributed by atoms with Crippen molar-refractivity contribution in [3.05, 3.63) is 29.5 Å². The molecule has 2 nitrogen and oxygen atoms in total. The summed E-state index contributed by atoms with van der Waals surface area (Å²) >= 11 is 0. The van der Waals surface area contributed by atoms with Gasteiger partial charge in [0.1, 0.15) is 0 Å². The van der Waals surface area contributed by atoms with Crippen LogP contribution in [0.2, 0.25) is 0 Å². The third-order valence-corrected chi connectivity index (χ3v) is 3.04. The van der Waals surface area contributed by atoms with Crippen LogP contribution in [0.5, 0.6) is 0 Å². The topological polar surface area (TPSA) is 28.1 Å². The molecule has 0 atom stereocenters. The number of benzene rings is 1. The van der Waals surface area contributed by atoms with Crippen molar-refractivity contribution in [3.63, 3.8) is 0 Å². The summed E-state index contributed by atoms with van der Waals surface area (Å²) in [5.74, 6) is 0. The second-order valence-electron chi connectivity index (χ2n) is 4.23. The van der Waals surface area contributed by atoms with E-state index in [0.29, 0.717) is 0 Å². The number of rotatable bonds is 1. The van der Waals surface area contributed by atoms with Gasteiger partial charge in [-0.1, -0.05) is 6.92 Å². The predicted octanol–water partition coefficient (Wildman–Crippen LogP) is 3.51. The number of aryl methyl sites for hydroxylation is 1. The summed E-state index contributed by atoms with van der Waals surface area (Å²) in [7, 11) is 0. The van der Waals surface area contributed by atoms with Crippen LogP contribution in [-0.4, -0.2) is 10.7 Å². The number of fused-ring (bicyclic) bond motifs is 2. The SMILES string of the molecule is CCC1=Nc2cc3cc(C)[nH]c3cc2C1. The van der Waals surface area contributed by atoms with Gasteiger partial charge < -0.3 is 4.98 Å². The standard InChI is InChI=1S/C13H14N2/c1-3-11-5-10-7-12-9(4-8(2)14-12)6-13(10)15-11/h4,6-7,14H,3,5H2,1-2H3. The molecule has 3 rings (SSSR count). The third-order valence-electron chi connectivity index (χ3n) is 3.04. The van der Waals surface area contributed by atoms with Gasteiger partial charge in [0.2, 0.25) is 0 Å². The van der Waals surface area contributed by atoms with Crippen LogP contribution < -0.4 is 0 Å². The van der Waals surface area contributed by atoms with Gasteiger partial charge in [-0.05, 0) is 37.1 Å². The molecule has 0 amide bonds. The quantitative estimate of drug-likeness (QED) is 0.726. The van der Waals surface area contributed by atoms with E-state index in [1.165, 1.54) is 33.6 Å². The fourth-order valence-corrected chi connectivity index (χ4v) is 2.24. The first-order valence-electron chi connectivity index (χ1n) is 5.45. The third kappa shape index (κ3) is 1.29. The molecule has 1 N–H and O–H groups in total. The van der Waals surface area contributed by atoms with Gasteiger partial charge in [-0.2, -0.15) is 0 Å². The number of hydrogen-bond acceptors (Lipinski definition) is 1. The van der Waals surface area contributed by atoms with Gasteiger partial charge in [-0.3, -0.25) is 4.99 Å². The molecule has 0 saturated carbocycles. The van der Waals surface area contributed by atoms with E-state index in [-0.39, 0.29) is 0 Å². The molecule has 0 saturated heterocycles. The fraction of sp³-hybridized carbons (Fsp3) is 0.308. The Hall–Kier alpha value is -1.57. The van der Waals surface area contributed by atoms with Gasteiger partial charge in [-0.25, -0.2) is 0 Å². The zero-order valence-electron chi connectivity index (χ0n) is 9.09. The Morgan fingerprint density at radius 2 is 2.20 bits per heavy atom. The highest BCUT2D eigenvalue weighted by Gasteiger charge is 2.14. The average molecular weight is 198 g/mol. The maximum Gasteiger partial charge on any atom is 0.0672 e. The van der Waals surface area contributed by atoms with E-state index in [4.69, 9.17) is 0 Å². The van der Waals surface area contributed by atoms with E-state index < -0.39 is 0 Å². The number of aromatic amines is 1. The van der Waals surface area contributed by atoms with E-state index in [2.05, 4.69) is 42.0 Å². The zero-order chi connectivity index (χ0) is 10.4. The number of nitrogens with one attached hydrogen (secondary N) is 1. The first kappa shape index (κ1) is 8.72. The van der Waals surface area contributed by atoms with Crippen LogP contribution in [0.15, 0.2) is 23.2 Å². The zero-order valence-corrected chi connectivity index (χ0v) is 9.09. The van der Waals surface area contributed by atoms with Crippen molar-refractivity contribution in [3.8, 4) is 0 Å². The molecule has 0 spiro atoms. The van der Waals surface area contributed by atoms with Gasteiger partial charge in [0.15, 0.2) is 0 Å². The lowest BCUT2D eigenvalue weighted by molar-refractivity contribution is 1.22. The van der Waals surface area contributed by atoms with Crippen LogP contribution in [0.25, 0.3) is 10.9 Å². The van der Waals surface area contributed by atoms with Crippen LogP contribution in [0, 0.1) is 6.92 Å². The fourth-order valence-electron chi connectivity index (χ4n) is 2.24. The Balaban J connectivity index is 2.20. The number of aliphatic imine (C=N–C) groups is 1. The molecule has 15 heavy (non-hydrogen) atoms. The summed E-state index contributed by atoms with van der Waals surface area (Å²) < 4.78 is 0. The molecule has 0 fully saturated rings. The highest BCUT2D eigenvalue weighted by atomic mass is 14.8. The molecule has 2 heterocycles. The summed E-state index contributed by atoms with van der Waals surface area (Å²) in [6.07, 6.45) is 2.08. The number of hydrogen-bond donors (Lipinski definition) is 1. The molecule has 0 bridgehead atoms. The molecule has 2 aromatic rings. The van der Waals surface area contributed by atoms with Crippen LogP contribution in [0.3, 0.4) is 0 Å². The minimum Gasteiger partial charge on any atom is -0.359 e. The molecule has 1 aromatic heterocycles. The maximum absolute atomic E-state index is 4.63. The van der Waals surface area contributed by atoms with Gasteiger partial charge in [0, 0.05) is 28.7 Å². The van der Waals surface area contributed by atoms with Crippen LogP contribution >= 0.6 is 0 Å². The molecule has 0 unspecified atom stereocenters. The lowest BCUT2D eigenvalue weighted by Gasteiger charge is -1.96. The first-order valence-corrected chi connectivity index (χ1v) is 5.45. The lowest BCUT2D eigenvalue weighted by Crippen LogP contribution is -1.93. The largest absolute Gasteiger partial charge is 0.359 e. The van der Waals surface area contributed by atoms with Crippen molar-refractivity contribution < 1.29 is 0 Å². The molecular weight excluding hydrogens is 184 g/mol. The Kier molecular flexibility index (Phi) is 1.72. The van der Waals surface area contributed by atoms with Crippen molar-refractivity contribution >= 4 is 22.3 Å². The van der Waals surface area contributed by atoms with E-state index in [1.807, 2.05) is 0 Å². The van der Waals surface area contributed by atoms with Crippen molar-refractivity contribution in [1.29, 1.82) is 0 Å². The second kappa shape index (κ2) is 2.96. The summed E-state index contributed by atoms with van der Waals surface area (Å²) in [6.45, 7) is 4.26. The van der Waals surface area contributed by atoms with E-state index in [0.717, 1.165) is 12.8 Å². The first-order chi connectivity index (χ1) is 7.26. The highest BCUT2D eigenvalue weighted by molar-refractivity contribution is 5.97. The second-order valence-corrected chi connectivity index (χ2v) is 4.23. The van der Waals surface area contributed by atoms with Crippen molar-refractivity contribution in [2.45, 2.75) is 26.7 Å². The Bertz CT molecular complexity index is 561. The molecule has 1 aromatic carbocycles. The maximum atomic E-state index is 4.63. The van der Waals surface area contributed by atoms with Crippen LogP contribution in [0.4, 0.5) is 5.69 Å². The van der Waals surface area contributed by atoms with Crippen LogP contribution in [0.1, 0.15) is 24.6 Å². The van der Waals surface area contributed by atoms with Gasteiger partial charge in [-0.15, -0.1) is 0 Å². The van der Waals surface area contributed by atoms with Crippen molar-refractivity contribution in [2.75, 3.05) is 0 Å². The van der Waals surface area contributed by atoms with E-state index >= 15 is 0 Å². The van der Waals surface area contributed by atoms with E-state index in [1.54, 1.807) is 0 Å². The summed E-state index contributed by atoms with van der Waals surface area (Å²) in [5.41, 5.74) is 6.28. The van der Waals surface area contributed by atoms with Gasteiger partial charge in [0.25, 0.3) is 0 Å². The molecule has 0 radical (unpaired) electrons. The van der Waals surface area contributed by atoms with Gasteiger partial charge in [0.05, 0.1) is 5.69 Å². The minimum absolute atomic E-state index is 1.03. The normalized spacial score (nSPS) is 14.4. The average Bonchev–Trinajstić information content (AvgIpc) is 2.74. The molecular formula is C13H14N2. The van der Waals surface area contributed by atoms with Gasteiger partial charge >= 0.3 is 0 Å². The molecule has 1 aliphatic rings. The molecule has 1 aliphatic heterocycles. The van der Waals surface area contributed by atoms with E-state index in [9.17, 15) is 0 Å². The number of aromatic nitrogens is 1. The summed E-state index contributed by atoms with van der Waals surface area (Å²) in [4.78, 5) is 8.00. The predicted molar refractivity (Wildman–Crippen MR) is 64.1 cm³/mol. The smallest absolute Gasteiger partial charge is 0.0672 e. The number of nitrogens with zero attached hydrogens (tertiary/aromatic N) is 1. The monoisotopic (exact) mass is 198 g/mol. The van der Waals surface area contributed by atoms with Crippen molar-refractivity contribution in [1.82, 2.24) is 4.98 Å². The Morgan fingerprint density at radius 3 is 3.00 bits per heavy atom. The molecule has 76 valence electrons. The highest BCUT2D eigenvalue weighted by Crippen LogP contribution is 2.32. The lowest BCUT2D eigenvalue weighted by atomic mass is 10.1. The summed E-state index contributed by atoms with van der Waals surface area (Å²) in [6, 6.07) is 6.61. The summed E-state index contributed by atoms with van der Waals surface area (Å²) in [5, 5.41) is 1.27. The Morgan fingerprint density at radius 1 is 1.33 bits per heavy atom.